The number of hydrogen-bond donors (Lipinski definition) is 1. The SMILES string of the molecule is Nc1ccc(/C=C/C(=O)/C2=C\CCCCCC2)cc1. The van der Waals surface area contributed by atoms with Crippen molar-refractivity contribution in [1.82, 2.24) is 0 Å². The third kappa shape index (κ3) is 4.40. The summed E-state index contributed by atoms with van der Waals surface area (Å²) >= 11 is 0. The molecule has 2 N–H and O–H groups in total. The third-order valence-electron chi connectivity index (χ3n) is 3.47. The Balaban J connectivity index is 2.01. The summed E-state index contributed by atoms with van der Waals surface area (Å²) in [4.78, 5) is 12.1. The summed E-state index contributed by atoms with van der Waals surface area (Å²) in [5, 5.41) is 0. The minimum atomic E-state index is 0.152. The molecular weight excluding hydrogens is 234 g/mol. The highest BCUT2D eigenvalue weighted by molar-refractivity contribution is 6.06. The molecule has 0 bridgehead atoms. The van der Waals surface area contributed by atoms with Gasteiger partial charge < -0.3 is 5.73 Å². The van der Waals surface area contributed by atoms with Gasteiger partial charge in [-0.1, -0.05) is 37.1 Å². The molecule has 1 aromatic rings. The minimum Gasteiger partial charge on any atom is -0.399 e. The molecule has 0 aliphatic heterocycles. The highest BCUT2D eigenvalue weighted by Crippen LogP contribution is 2.18. The first kappa shape index (κ1) is 13.6. The molecule has 0 amide bonds. The van der Waals surface area contributed by atoms with Crippen molar-refractivity contribution in [2.75, 3.05) is 5.73 Å². The predicted octanol–water partition coefficient (Wildman–Crippen LogP) is 4.13. The zero-order valence-corrected chi connectivity index (χ0v) is 11.3. The Hall–Kier alpha value is -1.83. The van der Waals surface area contributed by atoms with Crippen LogP contribution in [-0.2, 0) is 4.79 Å². The molecule has 0 aromatic heterocycles. The number of carbonyl (C=O) groups is 1. The Morgan fingerprint density at radius 1 is 1.05 bits per heavy atom. The number of benzene rings is 1. The van der Waals surface area contributed by atoms with E-state index in [1.54, 1.807) is 6.08 Å². The lowest BCUT2D eigenvalue weighted by Crippen LogP contribution is -2.01. The van der Waals surface area contributed by atoms with Crippen molar-refractivity contribution in [3.05, 3.63) is 47.6 Å². The molecule has 19 heavy (non-hydrogen) atoms. The molecular formula is C17H21NO. The number of anilines is 1. The van der Waals surface area contributed by atoms with Crippen LogP contribution in [-0.4, -0.2) is 5.78 Å². The van der Waals surface area contributed by atoms with Crippen molar-refractivity contribution in [1.29, 1.82) is 0 Å². The third-order valence-corrected chi connectivity index (χ3v) is 3.47. The smallest absolute Gasteiger partial charge is 0.181 e. The predicted molar refractivity (Wildman–Crippen MR) is 80.7 cm³/mol. The standard InChI is InChI=1S/C17H21NO/c18-16-11-8-14(9-12-16)10-13-17(19)15-6-4-2-1-3-5-7-15/h6,8-13H,1-5,7,18H2/b13-10+,15-6-. The van der Waals surface area contributed by atoms with Gasteiger partial charge in [0, 0.05) is 5.69 Å². The first-order valence-electron chi connectivity index (χ1n) is 7.03. The van der Waals surface area contributed by atoms with Crippen LogP contribution < -0.4 is 5.73 Å². The molecule has 0 heterocycles. The summed E-state index contributed by atoms with van der Waals surface area (Å²) in [5.74, 6) is 0.152. The number of nitrogens with two attached hydrogens (primary N) is 1. The number of allylic oxidation sites excluding steroid dienone is 3. The highest BCUT2D eigenvalue weighted by atomic mass is 16.1. The van der Waals surface area contributed by atoms with Gasteiger partial charge >= 0.3 is 0 Å². The van der Waals surface area contributed by atoms with E-state index in [1.807, 2.05) is 30.3 Å². The fourth-order valence-electron chi connectivity index (χ4n) is 2.30. The summed E-state index contributed by atoms with van der Waals surface area (Å²) in [6.45, 7) is 0. The number of rotatable bonds is 3. The van der Waals surface area contributed by atoms with Gasteiger partial charge in [-0.3, -0.25) is 4.79 Å². The van der Waals surface area contributed by atoms with Crippen LogP contribution in [0.25, 0.3) is 6.08 Å². The van der Waals surface area contributed by atoms with E-state index in [9.17, 15) is 4.79 Å². The van der Waals surface area contributed by atoms with E-state index in [2.05, 4.69) is 6.08 Å². The molecule has 0 saturated carbocycles. The van der Waals surface area contributed by atoms with Gasteiger partial charge in [-0.25, -0.2) is 0 Å². The molecule has 2 rings (SSSR count). The summed E-state index contributed by atoms with van der Waals surface area (Å²) in [5.41, 5.74) is 8.36. The van der Waals surface area contributed by atoms with Crippen LogP contribution in [0.4, 0.5) is 5.69 Å². The highest BCUT2D eigenvalue weighted by Gasteiger charge is 2.07. The topological polar surface area (TPSA) is 43.1 Å². The molecule has 1 aliphatic rings. The lowest BCUT2D eigenvalue weighted by atomic mass is 9.97. The maximum atomic E-state index is 12.1. The number of ketones is 1. The van der Waals surface area contributed by atoms with Gasteiger partial charge in [-0.15, -0.1) is 0 Å². The summed E-state index contributed by atoms with van der Waals surface area (Å²) in [6.07, 6.45) is 12.5. The minimum absolute atomic E-state index is 0.152. The van der Waals surface area contributed by atoms with E-state index in [-0.39, 0.29) is 5.78 Å². The monoisotopic (exact) mass is 255 g/mol. The maximum absolute atomic E-state index is 12.1. The molecule has 2 nitrogen and oxygen atoms in total. The first-order valence-corrected chi connectivity index (χ1v) is 7.03. The van der Waals surface area contributed by atoms with E-state index >= 15 is 0 Å². The van der Waals surface area contributed by atoms with Gasteiger partial charge in [-0.05, 0) is 55.0 Å². The lowest BCUT2D eigenvalue weighted by Gasteiger charge is -2.08. The molecule has 1 aromatic carbocycles. The maximum Gasteiger partial charge on any atom is 0.181 e. The second-order valence-electron chi connectivity index (χ2n) is 5.05. The second-order valence-corrected chi connectivity index (χ2v) is 5.05. The second kappa shape index (κ2) is 6.93. The van der Waals surface area contributed by atoms with Gasteiger partial charge in [0.1, 0.15) is 0 Å². The zero-order chi connectivity index (χ0) is 13.5. The molecule has 0 saturated heterocycles. The fourth-order valence-corrected chi connectivity index (χ4v) is 2.30. The van der Waals surface area contributed by atoms with Crippen LogP contribution in [0, 0.1) is 0 Å². The normalized spacial score (nSPS) is 19.5. The Kier molecular flexibility index (Phi) is 4.96. The Labute approximate surface area is 115 Å². The Morgan fingerprint density at radius 3 is 2.58 bits per heavy atom. The van der Waals surface area contributed by atoms with E-state index in [0.29, 0.717) is 0 Å². The zero-order valence-electron chi connectivity index (χ0n) is 11.3. The molecule has 0 fully saturated rings. The molecule has 0 atom stereocenters. The quantitative estimate of drug-likeness (QED) is 0.651. The van der Waals surface area contributed by atoms with Gasteiger partial charge in [0.25, 0.3) is 0 Å². The Morgan fingerprint density at radius 2 is 1.79 bits per heavy atom. The lowest BCUT2D eigenvalue weighted by molar-refractivity contribution is -0.111. The molecule has 0 radical (unpaired) electrons. The van der Waals surface area contributed by atoms with Crippen LogP contribution in [0.15, 0.2) is 42.0 Å². The van der Waals surface area contributed by atoms with E-state index in [0.717, 1.165) is 36.1 Å². The number of hydrogen-bond acceptors (Lipinski definition) is 2. The molecule has 100 valence electrons. The van der Waals surface area contributed by atoms with Crippen molar-refractivity contribution in [3.63, 3.8) is 0 Å². The van der Waals surface area contributed by atoms with E-state index in [4.69, 9.17) is 5.73 Å². The summed E-state index contributed by atoms with van der Waals surface area (Å²) < 4.78 is 0. The van der Waals surface area contributed by atoms with Crippen LogP contribution in [0.5, 0.6) is 0 Å². The van der Waals surface area contributed by atoms with Crippen molar-refractivity contribution in [2.24, 2.45) is 0 Å². The molecule has 2 heteroatoms. The van der Waals surface area contributed by atoms with Crippen LogP contribution >= 0.6 is 0 Å². The van der Waals surface area contributed by atoms with Gasteiger partial charge in [0.05, 0.1) is 0 Å². The fraction of sp³-hybridized carbons (Fsp3) is 0.353. The van der Waals surface area contributed by atoms with Gasteiger partial charge in [0.2, 0.25) is 0 Å². The van der Waals surface area contributed by atoms with Crippen LogP contribution in [0.2, 0.25) is 0 Å². The molecule has 0 unspecified atom stereocenters. The van der Waals surface area contributed by atoms with Gasteiger partial charge in [0.15, 0.2) is 5.78 Å². The number of carbonyl (C=O) groups excluding carboxylic acids is 1. The average molecular weight is 255 g/mol. The largest absolute Gasteiger partial charge is 0.399 e. The van der Waals surface area contributed by atoms with Crippen molar-refractivity contribution < 1.29 is 4.79 Å². The van der Waals surface area contributed by atoms with Crippen molar-refractivity contribution in [2.45, 2.75) is 38.5 Å². The Bertz CT molecular complexity index is 482. The van der Waals surface area contributed by atoms with E-state index in [1.165, 1.54) is 19.3 Å². The van der Waals surface area contributed by atoms with E-state index < -0.39 is 0 Å². The summed E-state index contributed by atoms with van der Waals surface area (Å²) in [6, 6.07) is 7.54. The molecule has 0 spiro atoms. The van der Waals surface area contributed by atoms with Crippen molar-refractivity contribution >= 4 is 17.5 Å². The summed E-state index contributed by atoms with van der Waals surface area (Å²) in [7, 11) is 0. The van der Waals surface area contributed by atoms with Crippen LogP contribution in [0.3, 0.4) is 0 Å². The van der Waals surface area contributed by atoms with Crippen molar-refractivity contribution in [3.8, 4) is 0 Å². The van der Waals surface area contributed by atoms with Crippen LogP contribution in [0.1, 0.15) is 44.1 Å². The first-order chi connectivity index (χ1) is 9.25. The average Bonchev–Trinajstić information content (AvgIpc) is 2.37. The van der Waals surface area contributed by atoms with Gasteiger partial charge in [-0.2, -0.15) is 0 Å². The number of nitrogen functional groups attached to an aromatic ring is 1. The molecule has 1 aliphatic carbocycles.